The molecule has 0 spiro atoms. The zero-order chi connectivity index (χ0) is 24.0. The van der Waals surface area contributed by atoms with Gasteiger partial charge in [0.15, 0.2) is 0 Å². The van der Waals surface area contributed by atoms with Crippen LogP contribution in [0.2, 0.25) is 0 Å². The molecule has 33 heavy (non-hydrogen) atoms. The van der Waals surface area contributed by atoms with Crippen molar-refractivity contribution >= 4 is 18.0 Å². The number of aliphatic carboxylic acids is 1. The average Bonchev–Trinajstić information content (AvgIpc) is 3.09. The van der Waals surface area contributed by atoms with Crippen LogP contribution < -0.4 is 10.6 Å². The Morgan fingerprint density at radius 1 is 1.00 bits per heavy atom. The summed E-state index contributed by atoms with van der Waals surface area (Å²) < 4.78 is 32.1. The molecule has 3 N–H and O–H groups in total. The highest BCUT2D eigenvalue weighted by Gasteiger charge is 2.30. The minimum atomic E-state index is -2.98. The lowest BCUT2D eigenvalue weighted by Crippen LogP contribution is -2.45. The molecule has 0 saturated heterocycles. The third kappa shape index (κ3) is 6.27. The van der Waals surface area contributed by atoms with Gasteiger partial charge in [0.05, 0.1) is 6.42 Å². The summed E-state index contributed by atoms with van der Waals surface area (Å²) in [6, 6.07) is 13.3. The third-order valence-corrected chi connectivity index (χ3v) is 5.55. The maximum atomic E-state index is 13.4. The van der Waals surface area contributed by atoms with Crippen LogP contribution in [0.25, 0.3) is 11.1 Å². The number of fused-ring (bicyclic) bond motifs is 3. The maximum Gasteiger partial charge on any atom is 0.407 e. The molecular formula is C24H26F2N2O5. The molecule has 2 aromatic carbocycles. The Morgan fingerprint density at radius 2 is 1.58 bits per heavy atom. The number of nitrogens with one attached hydrogen (secondary N) is 2. The molecule has 2 unspecified atom stereocenters. The summed E-state index contributed by atoms with van der Waals surface area (Å²) in [5.41, 5.74) is 4.07. The monoisotopic (exact) mass is 460 g/mol. The number of amides is 2. The van der Waals surface area contributed by atoms with Gasteiger partial charge in [-0.3, -0.25) is 9.59 Å². The lowest BCUT2D eigenvalue weighted by atomic mass is 9.98. The van der Waals surface area contributed by atoms with Crippen LogP contribution in [-0.2, 0) is 14.3 Å². The summed E-state index contributed by atoms with van der Waals surface area (Å²) in [6.45, 7) is 1.55. The molecule has 9 heteroatoms. The highest BCUT2D eigenvalue weighted by Crippen LogP contribution is 2.44. The smallest absolute Gasteiger partial charge is 0.407 e. The number of halogens is 2. The molecule has 0 fully saturated rings. The second kappa shape index (κ2) is 10.9. The zero-order valence-corrected chi connectivity index (χ0v) is 18.1. The van der Waals surface area contributed by atoms with Gasteiger partial charge in [0, 0.05) is 18.4 Å². The van der Waals surface area contributed by atoms with Crippen molar-refractivity contribution in [2.45, 2.75) is 50.6 Å². The van der Waals surface area contributed by atoms with E-state index in [2.05, 4.69) is 10.6 Å². The first kappa shape index (κ1) is 24.2. The van der Waals surface area contributed by atoms with Gasteiger partial charge in [-0.15, -0.1) is 0 Å². The van der Waals surface area contributed by atoms with Gasteiger partial charge in [-0.2, -0.15) is 0 Å². The molecule has 2 atom stereocenters. The fourth-order valence-corrected chi connectivity index (χ4v) is 3.94. The van der Waals surface area contributed by atoms with Crippen LogP contribution in [0.5, 0.6) is 0 Å². The van der Waals surface area contributed by atoms with E-state index in [-0.39, 0.29) is 25.4 Å². The number of hydrogen-bond acceptors (Lipinski definition) is 4. The molecule has 1 aliphatic rings. The molecule has 2 amide bonds. The quantitative estimate of drug-likeness (QED) is 0.499. The summed E-state index contributed by atoms with van der Waals surface area (Å²) in [5, 5.41) is 13.2. The molecule has 3 rings (SSSR count). The van der Waals surface area contributed by atoms with Crippen molar-refractivity contribution in [2.24, 2.45) is 0 Å². The molecule has 0 bridgehead atoms. The third-order valence-electron chi connectivity index (χ3n) is 5.55. The largest absolute Gasteiger partial charge is 0.481 e. The van der Waals surface area contributed by atoms with E-state index in [1.807, 2.05) is 48.5 Å². The Labute approximate surface area is 190 Å². The molecule has 0 aliphatic heterocycles. The van der Waals surface area contributed by atoms with E-state index in [1.54, 1.807) is 6.92 Å². The minimum absolute atomic E-state index is 0.0335. The van der Waals surface area contributed by atoms with Crippen molar-refractivity contribution in [3.8, 4) is 11.1 Å². The SMILES string of the molecule is CC(CCC(=O)O)NC(=O)CC(NC(=O)OCC1c2ccccc2-c2ccccc21)C(F)F. The molecule has 0 heterocycles. The van der Waals surface area contributed by atoms with E-state index in [1.165, 1.54) is 0 Å². The van der Waals surface area contributed by atoms with E-state index >= 15 is 0 Å². The molecule has 0 aromatic heterocycles. The van der Waals surface area contributed by atoms with E-state index < -0.39 is 42.9 Å². The van der Waals surface area contributed by atoms with E-state index in [9.17, 15) is 23.2 Å². The molecule has 0 radical (unpaired) electrons. The number of carbonyl (C=O) groups excluding carboxylic acids is 2. The Hall–Kier alpha value is -3.49. The average molecular weight is 460 g/mol. The standard InChI is InChI=1S/C24H26F2N2O5/c1-14(10-11-22(30)31)27-21(29)12-20(23(25)26)28-24(32)33-13-19-17-8-4-2-6-15(17)16-7-3-5-9-18(16)19/h2-9,14,19-20,23H,10-13H2,1H3,(H,27,29)(H,28,32)(H,30,31). The van der Waals surface area contributed by atoms with E-state index in [4.69, 9.17) is 9.84 Å². The number of alkyl carbamates (subject to hydrolysis) is 1. The van der Waals surface area contributed by atoms with Gasteiger partial charge in [0.1, 0.15) is 12.6 Å². The molecule has 7 nitrogen and oxygen atoms in total. The van der Waals surface area contributed by atoms with E-state index in [0.717, 1.165) is 22.3 Å². The fraction of sp³-hybridized carbons (Fsp3) is 0.375. The topological polar surface area (TPSA) is 105 Å². The molecule has 176 valence electrons. The van der Waals surface area contributed by atoms with E-state index in [0.29, 0.717) is 0 Å². The van der Waals surface area contributed by atoms with Crippen molar-refractivity contribution in [3.63, 3.8) is 0 Å². The number of carbonyl (C=O) groups is 3. The van der Waals surface area contributed by atoms with Crippen molar-refractivity contribution in [3.05, 3.63) is 59.7 Å². The first-order valence-electron chi connectivity index (χ1n) is 10.7. The van der Waals surface area contributed by atoms with Crippen LogP contribution in [0.15, 0.2) is 48.5 Å². The first-order valence-corrected chi connectivity index (χ1v) is 10.7. The fourth-order valence-electron chi connectivity index (χ4n) is 3.94. The second-order valence-corrected chi connectivity index (χ2v) is 8.02. The van der Waals surface area contributed by atoms with Crippen LogP contribution in [0.1, 0.15) is 43.2 Å². The lowest BCUT2D eigenvalue weighted by Gasteiger charge is -2.20. The second-order valence-electron chi connectivity index (χ2n) is 8.02. The Bertz CT molecular complexity index is 968. The summed E-state index contributed by atoms with van der Waals surface area (Å²) >= 11 is 0. The molecular weight excluding hydrogens is 434 g/mol. The highest BCUT2D eigenvalue weighted by atomic mass is 19.3. The summed E-state index contributed by atoms with van der Waals surface area (Å²) in [7, 11) is 0. The number of carboxylic acids is 1. The number of ether oxygens (including phenoxy) is 1. The summed E-state index contributed by atoms with van der Waals surface area (Å²) in [6.07, 6.45) is -4.66. The predicted octanol–water partition coefficient (Wildman–Crippen LogP) is 3.92. The van der Waals surface area contributed by atoms with Gasteiger partial charge in [-0.05, 0) is 35.6 Å². The highest BCUT2D eigenvalue weighted by molar-refractivity contribution is 5.80. The maximum absolute atomic E-state index is 13.4. The van der Waals surface area contributed by atoms with Crippen LogP contribution in [0.4, 0.5) is 13.6 Å². The Balaban J connectivity index is 1.55. The normalized spacial score (nSPS) is 14.2. The van der Waals surface area contributed by atoms with Gasteiger partial charge in [0.25, 0.3) is 6.43 Å². The molecule has 2 aromatic rings. The summed E-state index contributed by atoms with van der Waals surface area (Å²) in [4.78, 5) is 34.9. The van der Waals surface area contributed by atoms with Gasteiger partial charge in [0.2, 0.25) is 5.91 Å². The van der Waals surface area contributed by atoms with Gasteiger partial charge < -0.3 is 20.5 Å². The van der Waals surface area contributed by atoms with Crippen LogP contribution in [-0.4, -0.2) is 48.2 Å². The van der Waals surface area contributed by atoms with Crippen LogP contribution in [0.3, 0.4) is 0 Å². The minimum Gasteiger partial charge on any atom is -0.481 e. The van der Waals surface area contributed by atoms with Crippen LogP contribution in [0, 0.1) is 0 Å². The van der Waals surface area contributed by atoms with Crippen molar-refractivity contribution in [2.75, 3.05) is 6.61 Å². The van der Waals surface area contributed by atoms with Crippen molar-refractivity contribution in [1.29, 1.82) is 0 Å². The van der Waals surface area contributed by atoms with Gasteiger partial charge >= 0.3 is 12.1 Å². The van der Waals surface area contributed by atoms with Gasteiger partial charge in [-0.1, -0.05) is 48.5 Å². The lowest BCUT2D eigenvalue weighted by molar-refractivity contribution is -0.137. The van der Waals surface area contributed by atoms with Crippen LogP contribution >= 0.6 is 0 Å². The number of benzene rings is 2. The zero-order valence-electron chi connectivity index (χ0n) is 18.1. The Morgan fingerprint density at radius 3 is 2.12 bits per heavy atom. The van der Waals surface area contributed by atoms with Gasteiger partial charge in [-0.25, -0.2) is 13.6 Å². The predicted molar refractivity (Wildman–Crippen MR) is 117 cm³/mol. The summed E-state index contributed by atoms with van der Waals surface area (Å²) in [5.74, 6) is -1.94. The van der Waals surface area contributed by atoms with Crippen molar-refractivity contribution < 1.29 is 33.0 Å². The first-order chi connectivity index (χ1) is 15.8. The molecule has 1 aliphatic carbocycles. The van der Waals surface area contributed by atoms with Crippen molar-refractivity contribution in [1.82, 2.24) is 10.6 Å². The number of rotatable bonds is 10. The Kier molecular flexibility index (Phi) is 7.97. The number of alkyl halides is 2. The number of hydrogen-bond donors (Lipinski definition) is 3. The number of carboxylic acid groups (broad SMARTS) is 1. The molecule has 0 saturated carbocycles.